The van der Waals surface area contributed by atoms with Gasteiger partial charge in [0.05, 0.1) is 35.5 Å². The molecule has 0 aliphatic carbocycles. The Balaban J connectivity index is 2.09. The Bertz CT molecular complexity index is 763. The molecule has 3 saturated heterocycles. The average molecular weight is 596 g/mol. The Morgan fingerprint density at radius 1 is 0.853 bits per heavy atom. The fourth-order valence-corrected chi connectivity index (χ4v) is 91.1. The molecule has 7 nitrogen and oxygen atoms in total. The lowest BCUT2D eigenvalue weighted by molar-refractivity contribution is -0.225. The highest BCUT2D eigenvalue weighted by atomic mass is 29.9. The molecule has 1 unspecified atom stereocenters. The lowest BCUT2D eigenvalue weighted by Crippen LogP contribution is -2.86. The van der Waals surface area contributed by atoms with Crippen LogP contribution in [0.1, 0.15) is 13.8 Å². The maximum Gasteiger partial charge on any atom is 0.285 e. The monoisotopic (exact) mass is 595 g/mol. The second-order valence-electron chi connectivity index (χ2n) is 14.2. The Kier molecular flexibility index (Phi) is 7.79. The molecule has 0 spiro atoms. The van der Waals surface area contributed by atoms with Gasteiger partial charge in [-0.15, -0.1) is 0 Å². The Morgan fingerprint density at radius 3 is 1.82 bits per heavy atom. The lowest BCUT2D eigenvalue weighted by atomic mass is 10.1. The van der Waals surface area contributed by atoms with Gasteiger partial charge in [-0.3, -0.25) is 0 Å². The van der Waals surface area contributed by atoms with E-state index in [0.717, 1.165) is 0 Å². The number of aliphatic hydroxyl groups is 1. The summed E-state index contributed by atoms with van der Waals surface area (Å²) in [6.07, 6.45) is -2.93. The first-order valence-corrected chi connectivity index (χ1v) is 35.1. The van der Waals surface area contributed by atoms with E-state index < -0.39 is 81.6 Å². The van der Waals surface area contributed by atoms with E-state index in [0.29, 0.717) is 6.61 Å². The van der Waals surface area contributed by atoms with Crippen LogP contribution in [0, 0.1) is 0 Å². The minimum absolute atomic E-state index is 0.375. The van der Waals surface area contributed by atoms with Crippen molar-refractivity contribution in [1.29, 1.82) is 0 Å². The molecule has 3 aliphatic heterocycles. The first-order valence-electron chi connectivity index (χ1n) is 12.4. The highest BCUT2D eigenvalue weighted by Gasteiger charge is 2.69. The molecule has 3 radical (unpaired) electrons. The van der Waals surface area contributed by atoms with E-state index in [1.807, 2.05) is 13.8 Å². The van der Waals surface area contributed by atoms with E-state index in [4.69, 9.17) is 27.2 Å². The number of aliphatic hydroxyl groups excluding tert-OH is 1. The molecule has 0 saturated carbocycles. The molecule has 3 aliphatic rings. The smallest absolute Gasteiger partial charge is 0.285 e. The van der Waals surface area contributed by atoms with Crippen molar-refractivity contribution in [1.82, 2.24) is 0 Å². The summed E-state index contributed by atoms with van der Waals surface area (Å²) in [7, 11) is -6.08. The normalized spacial score (nSPS) is 40.5. The van der Waals surface area contributed by atoms with Crippen LogP contribution in [0.25, 0.3) is 0 Å². The number of ether oxygens (including phenoxy) is 3. The Labute approximate surface area is 215 Å². The molecular weight excluding hydrogens is 549 g/mol. The van der Waals surface area contributed by atoms with E-state index >= 15 is 0 Å². The number of hydrogen-bond donors (Lipinski definition) is 1. The lowest BCUT2D eigenvalue weighted by Gasteiger charge is -2.59. The summed E-state index contributed by atoms with van der Waals surface area (Å²) in [5.74, 6) is -0.772. The number of rotatable bonds is 4. The van der Waals surface area contributed by atoms with E-state index in [9.17, 15) is 5.11 Å². The minimum atomic E-state index is -2.55. The zero-order valence-electron chi connectivity index (χ0n) is 23.5. The van der Waals surface area contributed by atoms with E-state index in [-0.39, 0.29) is 0 Å². The maximum atomic E-state index is 11.3. The molecule has 34 heavy (non-hydrogen) atoms. The highest BCUT2D eigenvalue weighted by molar-refractivity contribution is 7.80. The molecule has 0 amide bonds. The van der Waals surface area contributed by atoms with Gasteiger partial charge in [0.1, 0.15) is 18.3 Å². The molecule has 14 heteroatoms. The molecule has 0 aromatic carbocycles. The van der Waals surface area contributed by atoms with Crippen molar-refractivity contribution < 1.29 is 32.3 Å². The minimum Gasteiger partial charge on any atom is -0.441 e. The molecule has 3 rings (SSSR count). The largest absolute Gasteiger partial charge is 0.441 e. The van der Waals surface area contributed by atoms with Crippen molar-refractivity contribution in [2.75, 3.05) is 6.61 Å². The zero-order chi connectivity index (χ0) is 26.3. The van der Waals surface area contributed by atoms with Gasteiger partial charge in [-0.1, -0.05) is 58.9 Å². The van der Waals surface area contributed by atoms with Gasteiger partial charge in [0, 0.05) is 9.76 Å². The third kappa shape index (κ3) is 4.87. The van der Waals surface area contributed by atoms with Crippen LogP contribution in [0.3, 0.4) is 0 Å². The van der Waals surface area contributed by atoms with Gasteiger partial charge in [0.2, 0.25) is 0 Å². The fourth-order valence-electron chi connectivity index (χ4n) is 5.99. The first-order chi connectivity index (χ1) is 15.0. The Hall–Kier alpha value is 1.24. The van der Waals surface area contributed by atoms with Crippen LogP contribution in [0.15, 0.2) is 0 Å². The third-order valence-electron chi connectivity index (χ3n) is 7.48. The highest BCUT2D eigenvalue weighted by Crippen LogP contribution is 2.44. The summed E-state index contributed by atoms with van der Waals surface area (Å²) in [6, 6.07) is 0. The zero-order valence-corrected chi connectivity index (χ0v) is 30.5. The molecule has 1 N–H and O–H groups in total. The van der Waals surface area contributed by atoms with Gasteiger partial charge in [-0.2, -0.15) is 0 Å². The predicted octanol–water partition coefficient (Wildman–Crippen LogP) is 3.24. The van der Waals surface area contributed by atoms with Gasteiger partial charge in [-0.05, 0) is 26.9 Å². The van der Waals surface area contributed by atoms with Crippen LogP contribution in [0.2, 0.25) is 72.0 Å². The summed E-state index contributed by atoms with van der Waals surface area (Å²) in [6.45, 7) is 27.9. The van der Waals surface area contributed by atoms with Crippen molar-refractivity contribution in [2.45, 2.75) is 122 Å². The summed E-state index contributed by atoms with van der Waals surface area (Å²) in [4.78, 5) is 0. The van der Waals surface area contributed by atoms with Gasteiger partial charge in [0.25, 0.3) is 7.60 Å². The summed E-state index contributed by atoms with van der Waals surface area (Å²) >= 11 is 0. The van der Waals surface area contributed by atoms with Crippen molar-refractivity contribution in [3.05, 3.63) is 0 Å². The maximum absolute atomic E-state index is 11.3. The third-order valence-corrected chi connectivity index (χ3v) is 85.4. The van der Waals surface area contributed by atoms with Gasteiger partial charge < -0.3 is 32.3 Å². The topological polar surface area (TPSA) is 75.6 Å². The second-order valence-corrected chi connectivity index (χ2v) is 68.0. The van der Waals surface area contributed by atoms with Crippen molar-refractivity contribution in [3.63, 3.8) is 0 Å². The standard InChI is InChI=1S/C20H47O7Si7/c1-20(2)24-18-16(21)17(23-19(18)25-20)15-14-22-33(29(3,4)5,30(6,7)8)27-32(12,13)34(28,26-15)31(9,10)11/h15-19,21H,14H2,1-13H3/t15-,16-,17+,18+,19+,34?/m0/s1. The molecule has 3 heterocycles. The van der Waals surface area contributed by atoms with Crippen molar-refractivity contribution in [3.8, 4) is 0 Å². The molecule has 0 aromatic rings. The predicted molar refractivity (Wildman–Crippen MR) is 151 cm³/mol. The van der Waals surface area contributed by atoms with E-state index in [1.54, 1.807) is 0 Å². The molecule has 0 aromatic heterocycles. The van der Waals surface area contributed by atoms with Crippen LogP contribution in [0.5, 0.6) is 0 Å². The molecular formula is C20H47O7Si7. The molecule has 197 valence electrons. The summed E-state index contributed by atoms with van der Waals surface area (Å²) in [5.41, 5.74) is 0. The van der Waals surface area contributed by atoms with E-state index in [1.165, 1.54) is 0 Å². The van der Waals surface area contributed by atoms with Gasteiger partial charge in [0.15, 0.2) is 26.8 Å². The quantitative estimate of drug-likeness (QED) is 0.500. The van der Waals surface area contributed by atoms with E-state index in [2.05, 4.69) is 81.8 Å². The van der Waals surface area contributed by atoms with Crippen molar-refractivity contribution in [2.24, 2.45) is 0 Å². The van der Waals surface area contributed by atoms with Crippen LogP contribution in [0.4, 0.5) is 0 Å². The number of hydrogen-bond acceptors (Lipinski definition) is 7. The molecule has 6 atom stereocenters. The van der Waals surface area contributed by atoms with Crippen molar-refractivity contribution >= 4 is 54.8 Å². The fraction of sp³-hybridized carbons (Fsp3) is 1.00. The summed E-state index contributed by atoms with van der Waals surface area (Å²) < 4.78 is 40.0. The van der Waals surface area contributed by atoms with Gasteiger partial charge in [-0.25, -0.2) is 0 Å². The SMILES string of the molecule is CC1(C)O[C@H]2O[C@H]([C@@H]3CO[Si]([Si](C)(C)C)([Si](C)(C)C)O[Si](C)(C)[Si]([Si])([Si](C)(C)C)O3)[C@H](O)[C@H]2O1. The molecule has 3 fully saturated rings. The van der Waals surface area contributed by atoms with Crippen LogP contribution >= 0.6 is 0 Å². The van der Waals surface area contributed by atoms with Crippen LogP contribution in [-0.2, 0) is 27.2 Å². The molecule has 0 bridgehead atoms. The summed E-state index contributed by atoms with van der Waals surface area (Å²) in [5, 5.41) is 11.3. The number of fused-ring (bicyclic) bond motifs is 1. The second kappa shape index (κ2) is 8.89. The Morgan fingerprint density at radius 2 is 1.38 bits per heavy atom. The first kappa shape index (κ1) is 29.8. The van der Waals surface area contributed by atoms with Crippen LogP contribution in [-0.4, -0.2) is 103 Å². The average Bonchev–Trinajstić information content (AvgIpc) is 3.05. The van der Waals surface area contributed by atoms with Gasteiger partial charge >= 0.3 is 0 Å². The van der Waals surface area contributed by atoms with Crippen LogP contribution < -0.4 is 0 Å².